The molecule has 0 aliphatic carbocycles. The first-order chi connectivity index (χ1) is 8.13. The smallest absolute Gasteiger partial charge is 0.284 e. The van der Waals surface area contributed by atoms with Gasteiger partial charge in [0.15, 0.2) is 5.76 Å². The van der Waals surface area contributed by atoms with Crippen LogP contribution in [0, 0.1) is 0 Å². The molecule has 3 nitrogen and oxygen atoms in total. The number of benzene rings is 1. The van der Waals surface area contributed by atoms with Crippen molar-refractivity contribution in [2.24, 2.45) is 5.73 Å². The standard InChI is InChI=1S/C13H14BrNO2/c1-2-4-10(14)8-5-3-6-11-9(8)7-12(17-11)13(15)16/h3,5-7,10H,2,4H2,1H3,(H2,15,16). The van der Waals surface area contributed by atoms with Crippen LogP contribution in [-0.2, 0) is 0 Å². The number of hydrogen-bond donors (Lipinski definition) is 1. The van der Waals surface area contributed by atoms with Gasteiger partial charge in [-0.1, -0.05) is 41.4 Å². The summed E-state index contributed by atoms with van der Waals surface area (Å²) in [6.45, 7) is 2.14. The van der Waals surface area contributed by atoms with Crippen molar-refractivity contribution in [3.63, 3.8) is 0 Å². The molecule has 0 aliphatic rings. The molecule has 0 fully saturated rings. The van der Waals surface area contributed by atoms with Crippen LogP contribution in [0.2, 0.25) is 0 Å². The van der Waals surface area contributed by atoms with Crippen molar-refractivity contribution in [1.29, 1.82) is 0 Å². The van der Waals surface area contributed by atoms with Crippen LogP contribution in [0.1, 0.15) is 40.7 Å². The van der Waals surface area contributed by atoms with Gasteiger partial charge >= 0.3 is 0 Å². The zero-order valence-electron chi connectivity index (χ0n) is 9.57. The van der Waals surface area contributed by atoms with Gasteiger partial charge in [-0.15, -0.1) is 0 Å². The molecule has 0 bridgehead atoms. The van der Waals surface area contributed by atoms with Gasteiger partial charge in [-0.05, 0) is 24.1 Å². The number of primary amides is 1. The van der Waals surface area contributed by atoms with Gasteiger partial charge < -0.3 is 10.2 Å². The Morgan fingerprint density at radius 1 is 1.53 bits per heavy atom. The molecule has 17 heavy (non-hydrogen) atoms. The van der Waals surface area contributed by atoms with Crippen molar-refractivity contribution in [1.82, 2.24) is 0 Å². The summed E-state index contributed by atoms with van der Waals surface area (Å²) in [5, 5.41) is 0.955. The molecule has 1 atom stereocenters. The van der Waals surface area contributed by atoms with E-state index in [0.29, 0.717) is 5.58 Å². The van der Waals surface area contributed by atoms with Crippen molar-refractivity contribution in [3.05, 3.63) is 35.6 Å². The van der Waals surface area contributed by atoms with Crippen molar-refractivity contribution in [3.8, 4) is 0 Å². The lowest BCUT2D eigenvalue weighted by Crippen LogP contribution is -2.09. The molecule has 2 aromatic rings. The van der Waals surface area contributed by atoms with Crippen molar-refractivity contribution in [2.75, 3.05) is 0 Å². The summed E-state index contributed by atoms with van der Waals surface area (Å²) in [6, 6.07) is 7.53. The molecule has 4 heteroatoms. The number of hydrogen-bond acceptors (Lipinski definition) is 2. The summed E-state index contributed by atoms with van der Waals surface area (Å²) < 4.78 is 5.40. The van der Waals surface area contributed by atoms with E-state index in [1.807, 2.05) is 18.2 Å². The van der Waals surface area contributed by atoms with Gasteiger partial charge in [0.25, 0.3) is 5.91 Å². The Bertz CT molecular complexity index is 547. The highest BCUT2D eigenvalue weighted by Crippen LogP contribution is 2.34. The Kier molecular flexibility index (Phi) is 3.52. The van der Waals surface area contributed by atoms with Crippen LogP contribution < -0.4 is 5.73 Å². The molecular weight excluding hydrogens is 282 g/mol. The molecule has 1 aromatic carbocycles. The summed E-state index contributed by atoms with van der Waals surface area (Å²) in [6.07, 6.45) is 2.13. The third kappa shape index (κ3) is 2.36. The molecule has 1 amide bonds. The topological polar surface area (TPSA) is 56.2 Å². The van der Waals surface area contributed by atoms with Crippen LogP contribution in [0.3, 0.4) is 0 Å². The Labute approximate surface area is 108 Å². The van der Waals surface area contributed by atoms with Crippen LogP contribution in [-0.4, -0.2) is 5.91 Å². The highest BCUT2D eigenvalue weighted by molar-refractivity contribution is 9.09. The first kappa shape index (κ1) is 12.2. The number of carbonyl (C=O) groups is 1. The van der Waals surface area contributed by atoms with Gasteiger partial charge in [-0.25, -0.2) is 0 Å². The molecule has 90 valence electrons. The second kappa shape index (κ2) is 4.92. The minimum absolute atomic E-state index is 0.212. The number of carbonyl (C=O) groups excluding carboxylic acids is 1. The number of nitrogens with two attached hydrogens (primary N) is 1. The van der Waals surface area contributed by atoms with E-state index < -0.39 is 5.91 Å². The van der Waals surface area contributed by atoms with Gasteiger partial charge in [0.2, 0.25) is 0 Å². The number of alkyl halides is 1. The molecule has 0 spiro atoms. The third-order valence-corrected chi connectivity index (χ3v) is 3.67. The van der Waals surface area contributed by atoms with Gasteiger partial charge in [-0.2, -0.15) is 0 Å². The molecule has 2 N–H and O–H groups in total. The molecule has 2 rings (SSSR count). The van der Waals surface area contributed by atoms with Crippen molar-refractivity contribution < 1.29 is 9.21 Å². The molecule has 1 heterocycles. The SMILES string of the molecule is CCCC(Br)c1cccc2oc(C(N)=O)cc12. The first-order valence-corrected chi connectivity index (χ1v) is 6.51. The average Bonchev–Trinajstić information content (AvgIpc) is 2.72. The number of fused-ring (bicyclic) bond motifs is 1. The van der Waals surface area contributed by atoms with E-state index in [1.54, 1.807) is 6.07 Å². The van der Waals surface area contributed by atoms with Gasteiger partial charge in [0.05, 0.1) is 0 Å². The molecule has 1 aromatic heterocycles. The van der Waals surface area contributed by atoms with E-state index in [9.17, 15) is 4.79 Å². The van der Waals surface area contributed by atoms with E-state index in [2.05, 4.69) is 22.9 Å². The second-order valence-corrected chi connectivity index (χ2v) is 5.10. The minimum atomic E-state index is -0.534. The first-order valence-electron chi connectivity index (χ1n) is 5.59. The Morgan fingerprint density at radius 2 is 2.29 bits per heavy atom. The fraction of sp³-hybridized carbons (Fsp3) is 0.308. The molecule has 0 radical (unpaired) electrons. The molecular formula is C13H14BrNO2. The van der Waals surface area contributed by atoms with E-state index in [4.69, 9.17) is 10.2 Å². The number of rotatable bonds is 4. The van der Waals surface area contributed by atoms with Crippen LogP contribution in [0.5, 0.6) is 0 Å². The summed E-state index contributed by atoms with van der Waals surface area (Å²) in [5.41, 5.74) is 7.06. The normalized spacial score (nSPS) is 12.8. The van der Waals surface area contributed by atoms with Crippen LogP contribution >= 0.6 is 15.9 Å². The summed E-state index contributed by atoms with van der Waals surface area (Å²) >= 11 is 3.66. The molecule has 1 unspecified atom stereocenters. The summed E-state index contributed by atoms with van der Waals surface area (Å²) in [7, 11) is 0. The van der Waals surface area contributed by atoms with Crippen molar-refractivity contribution in [2.45, 2.75) is 24.6 Å². The van der Waals surface area contributed by atoms with E-state index >= 15 is 0 Å². The number of amides is 1. The van der Waals surface area contributed by atoms with Crippen LogP contribution in [0.15, 0.2) is 28.7 Å². The maximum absolute atomic E-state index is 11.1. The van der Waals surface area contributed by atoms with Gasteiger partial charge in [0.1, 0.15) is 5.58 Å². The van der Waals surface area contributed by atoms with Crippen molar-refractivity contribution >= 4 is 32.8 Å². The molecule has 0 saturated heterocycles. The summed E-state index contributed by atoms with van der Waals surface area (Å²) in [5.74, 6) is -0.322. The predicted octanol–water partition coefficient (Wildman–Crippen LogP) is 3.77. The fourth-order valence-electron chi connectivity index (χ4n) is 1.89. The fourth-order valence-corrected chi connectivity index (χ4v) is 2.74. The zero-order chi connectivity index (χ0) is 12.4. The molecule has 0 saturated carbocycles. The summed E-state index contributed by atoms with van der Waals surface area (Å²) in [4.78, 5) is 11.4. The van der Waals surface area contributed by atoms with E-state index in [-0.39, 0.29) is 10.6 Å². The van der Waals surface area contributed by atoms with E-state index in [0.717, 1.165) is 23.8 Å². The maximum atomic E-state index is 11.1. The number of halogens is 1. The Hall–Kier alpha value is -1.29. The zero-order valence-corrected chi connectivity index (χ0v) is 11.2. The largest absolute Gasteiger partial charge is 0.451 e. The Balaban J connectivity index is 2.52. The quantitative estimate of drug-likeness (QED) is 0.873. The Morgan fingerprint density at radius 3 is 2.94 bits per heavy atom. The predicted molar refractivity (Wildman–Crippen MR) is 71.3 cm³/mol. The van der Waals surface area contributed by atoms with Gasteiger partial charge in [-0.3, -0.25) is 4.79 Å². The molecule has 0 aliphatic heterocycles. The van der Waals surface area contributed by atoms with Gasteiger partial charge in [0, 0.05) is 10.2 Å². The van der Waals surface area contributed by atoms with Crippen LogP contribution in [0.4, 0.5) is 0 Å². The lowest BCUT2D eigenvalue weighted by molar-refractivity contribution is 0.0976. The second-order valence-electron chi connectivity index (χ2n) is 3.99. The maximum Gasteiger partial charge on any atom is 0.284 e. The monoisotopic (exact) mass is 295 g/mol. The minimum Gasteiger partial charge on any atom is -0.451 e. The highest BCUT2D eigenvalue weighted by atomic mass is 79.9. The van der Waals surface area contributed by atoms with E-state index in [1.165, 1.54) is 0 Å². The average molecular weight is 296 g/mol. The number of furan rings is 1. The third-order valence-electron chi connectivity index (χ3n) is 2.72. The lowest BCUT2D eigenvalue weighted by atomic mass is 10.0. The highest BCUT2D eigenvalue weighted by Gasteiger charge is 2.15. The van der Waals surface area contributed by atoms with Crippen LogP contribution in [0.25, 0.3) is 11.0 Å². The lowest BCUT2D eigenvalue weighted by Gasteiger charge is -2.09.